The van der Waals surface area contributed by atoms with E-state index in [4.69, 9.17) is 14.2 Å². The average Bonchev–Trinajstić information content (AvgIpc) is 2.73. The van der Waals surface area contributed by atoms with Gasteiger partial charge >= 0.3 is 0 Å². The Labute approximate surface area is 179 Å². The maximum Gasteiger partial charge on any atom is 0.245 e. The topological polar surface area (TPSA) is 101 Å². The van der Waals surface area contributed by atoms with Gasteiger partial charge in [-0.05, 0) is 35.0 Å². The molecule has 2 aromatic carbocycles. The van der Waals surface area contributed by atoms with Crippen LogP contribution in [0.15, 0.2) is 36.4 Å². The van der Waals surface area contributed by atoms with Crippen molar-refractivity contribution in [3.8, 4) is 11.2 Å². The lowest BCUT2D eigenvalue weighted by molar-refractivity contribution is 0.233. The van der Waals surface area contributed by atoms with Crippen molar-refractivity contribution in [3.05, 3.63) is 42.0 Å². The van der Waals surface area contributed by atoms with Gasteiger partial charge in [-0.25, -0.2) is 0 Å². The van der Waals surface area contributed by atoms with E-state index < -0.39 is 16.8 Å². The Balaban J connectivity index is 2.07. The zero-order valence-electron chi connectivity index (χ0n) is 16.7. The first-order chi connectivity index (χ1) is 14.1. The first-order valence-corrected chi connectivity index (χ1v) is 11.3. The van der Waals surface area contributed by atoms with Crippen LogP contribution in [-0.4, -0.2) is 52.8 Å². The standard InChI is InChI=1S/C20H27N3O4S2/c1-3-22-13-20(24)29(25)23(2)14-17-12-18(26-9-6-10-27-28-15-21)11-16-7-4-5-8-19(16)17/h4-5,7-8,11-12,20,22,24H,3,6,9-10,13-14H2,1-2H3. The zero-order chi connectivity index (χ0) is 21.1. The molecule has 0 aliphatic heterocycles. The van der Waals surface area contributed by atoms with E-state index >= 15 is 0 Å². The van der Waals surface area contributed by atoms with Crippen molar-refractivity contribution in [1.29, 1.82) is 5.26 Å². The molecule has 0 spiro atoms. The molecule has 2 unspecified atom stereocenters. The SMILES string of the molecule is CCNCC(O)[S+]([O-])N(C)Cc1cc(OCCCOSC#N)cc2ccccc12. The van der Waals surface area contributed by atoms with E-state index in [0.29, 0.717) is 32.7 Å². The molecule has 2 atom stereocenters. The number of fused-ring (bicyclic) bond motifs is 1. The number of nitrogens with zero attached hydrogens (tertiary/aromatic N) is 2. The molecule has 0 fully saturated rings. The summed E-state index contributed by atoms with van der Waals surface area (Å²) in [5.74, 6) is 0.721. The maximum atomic E-state index is 12.5. The second-order valence-corrected chi connectivity index (χ2v) is 8.63. The maximum absolute atomic E-state index is 12.5. The van der Waals surface area contributed by atoms with Gasteiger partial charge in [-0.2, -0.15) is 5.26 Å². The lowest BCUT2D eigenvalue weighted by Gasteiger charge is -2.25. The predicted molar refractivity (Wildman–Crippen MR) is 117 cm³/mol. The van der Waals surface area contributed by atoms with Gasteiger partial charge in [0.15, 0.2) is 5.40 Å². The normalized spacial score (nSPS) is 13.4. The van der Waals surface area contributed by atoms with Crippen LogP contribution in [0.1, 0.15) is 18.9 Å². The number of aliphatic hydroxyl groups excluding tert-OH is 1. The van der Waals surface area contributed by atoms with Crippen LogP contribution in [0.5, 0.6) is 5.75 Å². The fraction of sp³-hybridized carbons (Fsp3) is 0.450. The molecule has 158 valence electrons. The number of hydrogen-bond acceptors (Lipinski definition) is 8. The highest BCUT2D eigenvalue weighted by molar-refractivity contribution is 7.99. The molecule has 0 saturated carbocycles. The first kappa shape index (κ1) is 23.8. The molecule has 0 heterocycles. The van der Waals surface area contributed by atoms with Gasteiger partial charge < -0.3 is 23.9 Å². The number of nitriles is 1. The quantitative estimate of drug-likeness (QED) is 0.214. The third-order valence-electron chi connectivity index (χ3n) is 4.16. The van der Waals surface area contributed by atoms with E-state index in [1.165, 1.54) is 0 Å². The second-order valence-electron chi connectivity index (χ2n) is 6.33. The third-order valence-corrected chi connectivity index (χ3v) is 5.89. The number of benzene rings is 2. The van der Waals surface area contributed by atoms with Crippen LogP contribution < -0.4 is 10.1 Å². The van der Waals surface area contributed by atoms with Gasteiger partial charge in [0.05, 0.1) is 37.7 Å². The van der Waals surface area contributed by atoms with Crippen LogP contribution in [0.4, 0.5) is 0 Å². The molecular formula is C20H27N3O4S2. The molecule has 2 rings (SSSR count). The Morgan fingerprint density at radius 1 is 1.34 bits per heavy atom. The van der Waals surface area contributed by atoms with Gasteiger partial charge in [0.1, 0.15) is 17.8 Å². The minimum Gasteiger partial charge on any atom is -0.596 e. The summed E-state index contributed by atoms with van der Waals surface area (Å²) in [7, 11) is 1.73. The zero-order valence-corrected chi connectivity index (χ0v) is 18.3. The fourth-order valence-electron chi connectivity index (χ4n) is 2.80. The van der Waals surface area contributed by atoms with E-state index in [9.17, 15) is 9.66 Å². The fourth-order valence-corrected chi connectivity index (χ4v) is 4.00. The highest BCUT2D eigenvalue weighted by Gasteiger charge is 2.25. The minimum atomic E-state index is -1.53. The summed E-state index contributed by atoms with van der Waals surface area (Å²) >= 11 is -0.765. The second kappa shape index (κ2) is 12.9. The first-order valence-electron chi connectivity index (χ1n) is 9.39. The van der Waals surface area contributed by atoms with Crippen molar-refractivity contribution >= 4 is 34.2 Å². The summed E-state index contributed by atoms with van der Waals surface area (Å²) in [6.45, 7) is 4.24. The van der Waals surface area contributed by atoms with Crippen molar-refractivity contribution in [2.75, 3.05) is 33.4 Å². The number of thiocyanates is 1. The lowest BCUT2D eigenvalue weighted by atomic mass is 10.0. The van der Waals surface area contributed by atoms with Crippen LogP contribution in [0.25, 0.3) is 10.8 Å². The van der Waals surface area contributed by atoms with E-state index in [0.717, 1.165) is 34.1 Å². The van der Waals surface area contributed by atoms with Crippen LogP contribution in [-0.2, 0) is 22.1 Å². The van der Waals surface area contributed by atoms with Crippen LogP contribution >= 0.6 is 12.0 Å². The van der Waals surface area contributed by atoms with E-state index in [1.54, 1.807) is 11.4 Å². The van der Waals surface area contributed by atoms with Crippen LogP contribution in [0, 0.1) is 10.7 Å². The molecular weight excluding hydrogens is 410 g/mol. The predicted octanol–water partition coefficient (Wildman–Crippen LogP) is 2.78. The highest BCUT2D eigenvalue weighted by Crippen LogP contribution is 2.27. The van der Waals surface area contributed by atoms with Crippen LogP contribution in [0.2, 0.25) is 0 Å². The van der Waals surface area contributed by atoms with Gasteiger partial charge in [0.25, 0.3) is 0 Å². The Morgan fingerprint density at radius 3 is 2.90 bits per heavy atom. The molecule has 0 aliphatic rings. The molecule has 7 nitrogen and oxygen atoms in total. The van der Waals surface area contributed by atoms with Crippen molar-refractivity contribution in [2.24, 2.45) is 0 Å². The van der Waals surface area contributed by atoms with Crippen molar-refractivity contribution in [2.45, 2.75) is 25.3 Å². The monoisotopic (exact) mass is 437 g/mol. The molecule has 9 heteroatoms. The van der Waals surface area contributed by atoms with Crippen molar-refractivity contribution in [1.82, 2.24) is 9.62 Å². The number of rotatable bonds is 13. The third kappa shape index (κ3) is 7.68. The Bertz CT molecular complexity index is 803. The minimum absolute atomic E-state index is 0.281. The van der Waals surface area contributed by atoms with E-state index in [-0.39, 0.29) is 6.54 Å². The van der Waals surface area contributed by atoms with Crippen molar-refractivity contribution < 1.29 is 18.6 Å². The molecule has 2 N–H and O–H groups in total. The number of aliphatic hydroxyl groups is 1. The highest BCUT2D eigenvalue weighted by atomic mass is 32.2. The molecule has 0 amide bonds. The van der Waals surface area contributed by atoms with Gasteiger partial charge in [-0.15, -0.1) is 4.31 Å². The summed E-state index contributed by atoms with van der Waals surface area (Å²) < 4.78 is 25.1. The summed E-state index contributed by atoms with van der Waals surface area (Å²) in [4.78, 5) is 0. The van der Waals surface area contributed by atoms with E-state index in [2.05, 4.69) is 5.32 Å². The summed E-state index contributed by atoms with van der Waals surface area (Å²) in [6.07, 6.45) is 0.664. The lowest BCUT2D eigenvalue weighted by Crippen LogP contribution is -2.41. The van der Waals surface area contributed by atoms with Gasteiger partial charge in [0.2, 0.25) is 5.44 Å². The molecule has 0 radical (unpaired) electrons. The van der Waals surface area contributed by atoms with Gasteiger partial charge in [-0.1, -0.05) is 31.2 Å². The number of hydrogen-bond donors (Lipinski definition) is 2. The smallest absolute Gasteiger partial charge is 0.245 e. The molecule has 0 saturated heterocycles. The molecule has 29 heavy (non-hydrogen) atoms. The Hall–Kier alpha value is -1.51. The molecule has 0 aromatic heterocycles. The molecule has 2 aromatic rings. The summed E-state index contributed by atoms with van der Waals surface area (Å²) in [6, 6.07) is 11.9. The van der Waals surface area contributed by atoms with Crippen LogP contribution in [0.3, 0.4) is 0 Å². The Morgan fingerprint density at radius 2 is 2.14 bits per heavy atom. The van der Waals surface area contributed by atoms with E-state index in [1.807, 2.05) is 48.7 Å². The number of ether oxygens (including phenoxy) is 1. The number of nitrogens with one attached hydrogen (secondary N) is 1. The van der Waals surface area contributed by atoms with Crippen molar-refractivity contribution in [3.63, 3.8) is 0 Å². The molecule has 0 aliphatic carbocycles. The average molecular weight is 438 g/mol. The Kier molecular flexibility index (Phi) is 10.6. The summed E-state index contributed by atoms with van der Waals surface area (Å²) in [5, 5.41) is 25.5. The van der Waals surface area contributed by atoms with Gasteiger partial charge in [0, 0.05) is 13.5 Å². The molecule has 0 bridgehead atoms. The van der Waals surface area contributed by atoms with Gasteiger partial charge in [-0.3, -0.25) is 0 Å². The summed E-state index contributed by atoms with van der Waals surface area (Å²) in [5.41, 5.74) is 0.0119. The largest absolute Gasteiger partial charge is 0.596 e. The number of likely N-dealkylation sites (N-methyl/N-ethyl adjacent to an activating group) is 1.